The molecule has 1 atom stereocenters. The largest absolute Gasteiger partial charge is 0.494 e. The number of hydrogen-bond donors (Lipinski definition) is 0. The quantitative estimate of drug-likeness (QED) is 0.743. The van der Waals surface area contributed by atoms with Crippen LogP contribution in [-0.2, 0) is 0 Å². The van der Waals surface area contributed by atoms with Gasteiger partial charge in [-0.25, -0.2) is 0 Å². The summed E-state index contributed by atoms with van der Waals surface area (Å²) in [5.41, 5.74) is 1.31. The van der Waals surface area contributed by atoms with Gasteiger partial charge in [0.05, 0.1) is 17.7 Å². The van der Waals surface area contributed by atoms with E-state index in [-0.39, 0.29) is 0 Å². The van der Waals surface area contributed by atoms with Gasteiger partial charge in [0.2, 0.25) is 0 Å². The van der Waals surface area contributed by atoms with Gasteiger partial charge in [0, 0.05) is 11.9 Å². The Morgan fingerprint density at radius 2 is 2.29 bits per heavy atom. The number of thioether (sulfide) groups is 1. The summed E-state index contributed by atoms with van der Waals surface area (Å²) in [6.07, 6.45) is 0. The molecule has 1 aliphatic heterocycles. The molecule has 76 valence electrons. The lowest BCUT2D eigenvalue weighted by atomic mass is 10.3. The van der Waals surface area contributed by atoms with Crippen LogP contribution in [0.3, 0.4) is 0 Å². The lowest BCUT2D eigenvalue weighted by molar-refractivity contribution is 0.339. The van der Waals surface area contributed by atoms with Crippen molar-refractivity contribution in [3.63, 3.8) is 0 Å². The number of anilines is 1. The van der Waals surface area contributed by atoms with E-state index in [2.05, 4.69) is 31.0 Å². The van der Waals surface area contributed by atoms with E-state index >= 15 is 0 Å². The van der Waals surface area contributed by atoms with Gasteiger partial charge in [-0.1, -0.05) is 11.8 Å². The Labute approximate surface area is 89.2 Å². The molecule has 0 aliphatic carbocycles. The molecule has 14 heavy (non-hydrogen) atoms. The van der Waals surface area contributed by atoms with Crippen LogP contribution < -0.4 is 9.64 Å². The molecule has 0 saturated heterocycles. The van der Waals surface area contributed by atoms with Crippen molar-refractivity contribution in [3.8, 4) is 5.75 Å². The molecule has 1 aromatic rings. The highest BCUT2D eigenvalue weighted by Gasteiger charge is 2.23. The highest BCUT2D eigenvalue weighted by molar-refractivity contribution is 8.00. The number of benzene rings is 1. The van der Waals surface area contributed by atoms with Crippen molar-refractivity contribution in [1.82, 2.24) is 0 Å². The highest BCUT2D eigenvalue weighted by atomic mass is 32.2. The Balaban J connectivity index is 2.30. The maximum absolute atomic E-state index is 5.47. The van der Waals surface area contributed by atoms with Gasteiger partial charge in [0.15, 0.2) is 0 Å². The fourth-order valence-electron chi connectivity index (χ4n) is 1.60. The lowest BCUT2D eigenvalue weighted by Crippen LogP contribution is -2.20. The second-order valence-corrected chi connectivity index (χ2v) is 4.75. The lowest BCUT2D eigenvalue weighted by Gasteiger charge is -2.16. The van der Waals surface area contributed by atoms with Gasteiger partial charge >= 0.3 is 0 Å². The van der Waals surface area contributed by atoms with Gasteiger partial charge in [-0.3, -0.25) is 0 Å². The average molecular weight is 209 g/mol. The molecule has 0 amide bonds. The molecule has 1 unspecified atom stereocenters. The van der Waals surface area contributed by atoms with E-state index in [1.807, 2.05) is 24.8 Å². The molecular weight excluding hydrogens is 194 g/mol. The number of nitrogens with zero attached hydrogens (tertiary/aromatic N) is 1. The minimum Gasteiger partial charge on any atom is -0.494 e. The molecule has 0 spiro atoms. The molecule has 1 aromatic carbocycles. The Morgan fingerprint density at radius 3 is 3.00 bits per heavy atom. The Kier molecular flexibility index (Phi) is 2.59. The summed E-state index contributed by atoms with van der Waals surface area (Å²) in [6.45, 7) is 4.95. The van der Waals surface area contributed by atoms with Crippen LogP contribution in [-0.4, -0.2) is 19.0 Å². The van der Waals surface area contributed by atoms with Crippen molar-refractivity contribution in [2.45, 2.75) is 24.1 Å². The molecule has 0 N–H and O–H groups in total. The van der Waals surface area contributed by atoms with Crippen LogP contribution in [0.4, 0.5) is 5.69 Å². The number of rotatable bonds is 2. The third-order valence-corrected chi connectivity index (χ3v) is 3.70. The van der Waals surface area contributed by atoms with Crippen molar-refractivity contribution in [2.75, 3.05) is 18.6 Å². The monoisotopic (exact) mass is 209 g/mol. The smallest absolute Gasteiger partial charge is 0.120 e. The van der Waals surface area contributed by atoms with E-state index in [0.717, 1.165) is 12.4 Å². The van der Waals surface area contributed by atoms with Crippen molar-refractivity contribution in [1.29, 1.82) is 0 Å². The van der Waals surface area contributed by atoms with Gasteiger partial charge in [0.1, 0.15) is 5.75 Å². The van der Waals surface area contributed by atoms with E-state index < -0.39 is 0 Å². The van der Waals surface area contributed by atoms with Crippen LogP contribution in [0.15, 0.2) is 23.1 Å². The van der Waals surface area contributed by atoms with Gasteiger partial charge in [0.25, 0.3) is 0 Å². The molecule has 2 rings (SSSR count). The van der Waals surface area contributed by atoms with Crippen molar-refractivity contribution in [2.24, 2.45) is 0 Å². The fourth-order valence-corrected chi connectivity index (χ4v) is 2.75. The third kappa shape index (κ3) is 1.57. The van der Waals surface area contributed by atoms with E-state index in [1.165, 1.54) is 10.6 Å². The molecule has 0 aromatic heterocycles. The first-order chi connectivity index (χ1) is 6.72. The standard InChI is InChI=1S/C11H15NOS/c1-4-13-9-5-6-10-11(7-9)14-8(2)12(10)3/h5-8H,4H2,1-3H3. The van der Waals surface area contributed by atoms with E-state index in [4.69, 9.17) is 4.74 Å². The summed E-state index contributed by atoms with van der Waals surface area (Å²) in [4.78, 5) is 3.61. The fraction of sp³-hybridized carbons (Fsp3) is 0.455. The topological polar surface area (TPSA) is 12.5 Å². The zero-order chi connectivity index (χ0) is 10.1. The second kappa shape index (κ2) is 3.73. The molecule has 1 aliphatic rings. The summed E-state index contributed by atoms with van der Waals surface area (Å²) in [6, 6.07) is 6.30. The van der Waals surface area contributed by atoms with E-state index in [1.54, 1.807) is 0 Å². The van der Waals surface area contributed by atoms with E-state index in [0.29, 0.717) is 5.37 Å². The van der Waals surface area contributed by atoms with Gasteiger partial charge in [-0.05, 0) is 32.0 Å². The average Bonchev–Trinajstić information content (AvgIpc) is 2.43. The maximum Gasteiger partial charge on any atom is 0.120 e. The zero-order valence-corrected chi connectivity index (χ0v) is 9.60. The summed E-state index contributed by atoms with van der Waals surface area (Å²) >= 11 is 1.89. The molecule has 0 bridgehead atoms. The van der Waals surface area contributed by atoms with Crippen LogP contribution in [0, 0.1) is 0 Å². The first-order valence-electron chi connectivity index (χ1n) is 4.88. The summed E-state index contributed by atoms with van der Waals surface area (Å²) in [5, 5.41) is 0.530. The normalized spacial score (nSPS) is 19.6. The van der Waals surface area contributed by atoms with Gasteiger partial charge in [-0.15, -0.1) is 0 Å². The molecule has 0 saturated carbocycles. The van der Waals surface area contributed by atoms with Crippen LogP contribution in [0.1, 0.15) is 13.8 Å². The highest BCUT2D eigenvalue weighted by Crippen LogP contribution is 2.43. The zero-order valence-electron chi connectivity index (χ0n) is 8.78. The Hall–Kier alpha value is -0.830. The van der Waals surface area contributed by atoms with Crippen molar-refractivity contribution >= 4 is 17.4 Å². The first-order valence-corrected chi connectivity index (χ1v) is 5.76. The molecular formula is C11H15NOS. The molecule has 1 heterocycles. The van der Waals surface area contributed by atoms with Crippen molar-refractivity contribution < 1.29 is 4.74 Å². The Bertz CT molecular complexity index is 340. The van der Waals surface area contributed by atoms with Gasteiger partial charge < -0.3 is 9.64 Å². The second-order valence-electron chi connectivity index (χ2n) is 3.39. The molecule has 3 heteroatoms. The summed E-state index contributed by atoms with van der Waals surface area (Å²) in [7, 11) is 2.13. The first kappa shape index (κ1) is 9.71. The third-order valence-electron chi connectivity index (χ3n) is 2.47. The van der Waals surface area contributed by atoms with E-state index in [9.17, 15) is 0 Å². The minimum absolute atomic E-state index is 0.530. The Morgan fingerprint density at radius 1 is 1.50 bits per heavy atom. The van der Waals surface area contributed by atoms with Crippen LogP contribution in [0.2, 0.25) is 0 Å². The SMILES string of the molecule is CCOc1ccc2c(c1)SC(C)N2C. The number of hydrogen-bond acceptors (Lipinski definition) is 3. The number of fused-ring (bicyclic) bond motifs is 1. The number of ether oxygens (including phenoxy) is 1. The van der Waals surface area contributed by atoms with Crippen molar-refractivity contribution in [3.05, 3.63) is 18.2 Å². The molecule has 2 nitrogen and oxygen atoms in total. The molecule has 0 fully saturated rings. The maximum atomic E-state index is 5.47. The van der Waals surface area contributed by atoms with Crippen LogP contribution in [0.5, 0.6) is 5.75 Å². The minimum atomic E-state index is 0.530. The van der Waals surface area contributed by atoms with Crippen LogP contribution in [0.25, 0.3) is 0 Å². The predicted molar refractivity (Wildman–Crippen MR) is 61.3 cm³/mol. The van der Waals surface area contributed by atoms with Crippen LogP contribution >= 0.6 is 11.8 Å². The summed E-state index contributed by atoms with van der Waals surface area (Å²) in [5.74, 6) is 0.973. The molecule has 0 radical (unpaired) electrons. The van der Waals surface area contributed by atoms with Gasteiger partial charge in [-0.2, -0.15) is 0 Å². The summed E-state index contributed by atoms with van der Waals surface area (Å²) < 4.78 is 5.47. The predicted octanol–water partition coefficient (Wildman–Crippen LogP) is 2.97.